The van der Waals surface area contributed by atoms with Gasteiger partial charge in [-0.3, -0.25) is 4.79 Å². The van der Waals surface area contributed by atoms with E-state index in [2.05, 4.69) is 4.90 Å². The second kappa shape index (κ2) is 10.5. The number of carbonyl (C=O) groups excluding carboxylic acids is 1. The molecule has 1 saturated heterocycles. The first kappa shape index (κ1) is 22.8. The minimum Gasteiger partial charge on any atom is -0.483 e. The summed E-state index contributed by atoms with van der Waals surface area (Å²) in [6.45, 7) is 2.29. The zero-order valence-electron chi connectivity index (χ0n) is 17.3. The van der Waals surface area contributed by atoms with Crippen LogP contribution in [0.25, 0.3) is 6.08 Å². The van der Waals surface area contributed by atoms with E-state index in [1.54, 1.807) is 30.3 Å². The van der Waals surface area contributed by atoms with Crippen molar-refractivity contribution in [2.75, 3.05) is 18.0 Å². The Hall–Kier alpha value is -2.40. The van der Waals surface area contributed by atoms with Gasteiger partial charge in [0.15, 0.2) is 11.5 Å². The summed E-state index contributed by atoms with van der Waals surface area (Å²) < 4.78 is 11.4. The minimum atomic E-state index is -0.0795. The first-order valence-electron chi connectivity index (χ1n) is 10.4. The number of benzene rings is 2. The number of hydrogen-bond acceptors (Lipinski definition) is 4. The van der Waals surface area contributed by atoms with Gasteiger partial charge in [0.25, 0.3) is 0 Å². The van der Waals surface area contributed by atoms with E-state index in [0.29, 0.717) is 37.9 Å². The molecule has 1 aliphatic heterocycles. The molecule has 2 heterocycles. The van der Waals surface area contributed by atoms with Crippen LogP contribution in [-0.4, -0.2) is 18.9 Å². The lowest BCUT2D eigenvalue weighted by molar-refractivity contribution is 0.104. The zero-order chi connectivity index (χ0) is 22.5. The lowest BCUT2D eigenvalue weighted by atomic mass is 10.1. The van der Waals surface area contributed by atoms with Crippen LogP contribution in [0.2, 0.25) is 15.1 Å². The van der Waals surface area contributed by atoms with Crippen LogP contribution >= 0.6 is 34.8 Å². The van der Waals surface area contributed by atoms with Crippen LogP contribution in [0.15, 0.2) is 59.0 Å². The van der Waals surface area contributed by atoms with Crippen molar-refractivity contribution in [3.8, 4) is 5.75 Å². The SMILES string of the molecule is O=C(/C=C/c1ccc(COc2c(Cl)cc(Cl)cc2Cl)o1)c1ccc(N2CCCCC2)cc1. The highest BCUT2D eigenvalue weighted by Crippen LogP contribution is 2.36. The summed E-state index contributed by atoms with van der Waals surface area (Å²) >= 11 is 18.2. The van der Waals surface area contributed by atoms with Crippen molar-refractivity contribution < 1.29 is 13.9 Å². The van der Waals surface area contributed by atoms with Crippen LogP contribution in [0.4, 0.5) is 5.69 Å². The molecular weight excluding hydrogens is 469 g/mol. The molecule has 0 unspecified atom stereocenters. The van der Waals surface area contributed by atoms with Crippen molar-refractivity contribution in [3.63, 3.8) is 0 Å². The number of halogens is 3. The van der Waals surface area contributed by atoms with Crippen molar-refractivity contribution >= 4 is 52.3 Å². The van der Waals surface area contributed by atoms with Crippen LogP contribution in [-0.2, 0) is 6.61 Å². The molecule has 0 radical (unpaired) electrons. The van der Waals surface area contributed by atoms with Crippen LogP contribution in [0.1, 0.15) is 41.1 Å². The summed E-state index contributed by atoms with van der Waals surface area (Å²) in [5, 5.41) is 1.08. The van der Waals surface area contributed by atoms with Crippen LogP contribution in [0.5, 0.6) is 5.75 Å². The number of nitrogens with zero attached hydrogens (tertiary/aromatic N) is 1. The molecule has 1 fully saturated rings. The maximum Gasteiger partial charge on any atom is 0.185 e. The van der Waals surface area contributed by atoms with Gasteiger partial charge in [-0.1, -0.05) is 34.8 Å². The Labute approximate surface area is 202 Å². The van der Waals surface area contributed by atoms with E-state index in [9.17, 15) is 4.79 Å². The molecule has 0 amide bonds. The lowest BCUT2D eigenvalue weighted by Gasteiger charge is -2.28. The Balaban J connectivity index is 1.34. The Kier molecular flexibility index (Phi) is 7.46. The van der Waals surface area contributed by atoms with Gasteiger partial charge < -0.3 is 14.1 Å². The molecule has 32 heavy (non-hydrogen) atoms. The highest BCUT2D eigenvalue weighted by atomic mass is 35.5. The molecule has 4 nitrogen and oxygen atoms in total. The molecule has 166 valence electrons. The summed E-state index contributed by atoms with van der Waals surface area (Å²) in [5.41, 5.74) is 1.81. The third kappa shape index (κ3) is 5.69. The normalized spacial score (nSPS) is 14.2. The predicted octanol–water partition coefficient (Wildman–Crippen LogP) is 7.71. The fraction of sp³-hybridized carbons (Fsp3) is 0.240. The Morgan fingerprint density at radius 1 is 0.969 bits per heavy atom. The van der Waals surface area contributed by atoms with Crippen molar-refractivity contribution in [1.82, 2.24) is 0 Å². The molecule has 4 rings (SSSR count). The van der Waals surface area contributed by atoms with Gasteiger partial charge in [0, 0.05) is 29.4 Å². The second-order valence-corrected chi connectivity index (χ2v) is 8.83. The predicted molar refractivity (Wildman–Crippen MR) is 130 cm³/mol. The maximum atomic E-state index is 12.5. The van der Waals surface area contributed by atoms with Gasteiger partial charge in [0.1, 0.15) is 18.1 Å². The number of allylic oxidation sites excluding steroid dienone is 1. The first-order chi connectivity index (χ1) is 15.5. The summed E-state index contributed by atoms with van der Waals surface area (Å²) in [6.07, 6.45) is 6.89. The van der Waals surface area contributed by atoms with Gasteiger partial charge in [-0.25, -0.2) is 0 Å². The molecule has 1 aromatic heterocycles. The number of ketones is 1. The standard InChI is InChI=1S/C25H22Cl3NO3/c26-18-14-22(27)25(23(28)15-18)31-16-21-9-8-20(32-21)10-11-24(30)17-4-6-19(7-5-17)29-12-2-1-3-13-29/h4-11,14-15H,1-3,12-13,16H2/b11-10+. The summed E-state index contributed by atoms with van der Waals surface area (Å²) in [6, 6.07) is 14.4. The van der Waals surface area contributed by atoms with Crippen LogP contribution < -0.4 is 9.64 Å². The van der Waals surface area contributed by atoms with E-state index in [1.807, 2.05) is 24.3 Å². The Morgan fingerprint density at radius 2 is 1.66 bits per heavy atom. The van der Waals surface area contributed by atoms with Gasteiger partial charge in [0.05, 0.1) is 10.0 Å². The molecule has 0 N–H and O–H groups in total. The van der Waals surface area contributed by atoms with Crippen molar-refractivity contribution in [2.24, 2.45) is 0 Å². The fourth-order valence-corrected chi connectivity index (χ4v) is 4.54. The molecule has 2 aromatic carbocycles. The number of carbonyl (C=O) groups is 1. The molecule has 0 atom stereocenters. The third-order valence-electron chi connectivity index (χ3n) is 5.28. The second-order valence-electron chi connectivity index (χ2n) is 7.58. The molecule has 0 bridgehead atoms. The molecule has 0 spiro atoms. The quantitative estimate of drug-likeness (QED) is 0.251. The summed E-state index contributed by atoms with van der Waals surface area (Å²) in [4.78, 5) is 14.9. The van der Waals surface area contributed by atoms with E-state index in [0.717, 1.165) is 13.1 Å². The van der Waals surface area contributed by atoms with E-state index < -0.39 is 0 Å². The number of rotatable bonds is 7. The molecule has 0 aliphatic carbocycles. The third-order valence-corrected chi connectivity index (χ3v) is 6.06. The lowest BCUT2D eigenvalue weighted by Crippen LogP contribution is -2.29. The van der Waals surface area contributed by atoms with Gasteiger partial charge >= 0.3 is 0 Å². The van der Waals surface area contributed by atoms with E-state index in [4.69, 9.17) is 44.0 Å². The highest BCUT2D eigenvalue weighted by molar-refractivity contribution is 6.40. The van der Waals surface area contributed by atoms with E-state index >= 15 is 0 Å². The molecule has 1 aliphatic rings. The Morgan fingerprint density at radius 3 is 2.34 bits per heavy atom. The smallest absolute Gasteiger partial charge is 0.185 e. The average molecular weight is 491 g/mol. The van der Waals surface area contributed by atoms with Gasteiger partial charge in [-0.15, -0.1) is 0 Å². The molecule has 3 aromatic rings. The number of furan rings is 1. The fourth-order valence-electron chi connectivity index (χ4n) is 3.61. The first-order valence-corrected chi connectivity index (χ1v) is 11.6. The maximum absolute atomic E-state index is 12.5. The number of piperidine rings is 1. The van der Waals surface area contributed by atoms with Gasteiger partial charge in [0.2, 0.25) is 0 Å². The topological polar surface area (TPSA) is 42.7 Å². The van der Waals surface area contributed by atoms with Crippen molar-refractivity contribution in [3.05, 3.63) is 86.8 Å². The zero-order valence-corrected chi connectivity index (χ0v) is 19.6. The van der Waals surface area contributed by atoms with E-state index in [-0.39, 0.29) is 12.4 Å². The molecule has 0 saturated carbocycles. The van der Waals surface area contributed by atoms with Crippen molar-refractivity contribution in [2.45, 2.75) is 25.9 Å². The molecular formula is C25H22Cl3NO3. The summed E-state index contributed by atoms with van der Waals surface area (Å²) in [5.74, 6) is 1.39. The average Bonchev–Trinajstić information content (AvgIpc) is 3.25. The van der Waals surface area contributed by atoms with Crippen LogP contribution in [0, 0.1) is 0 Å². The Bertz CT molecular complexity index is 1090. The van der Waals surface area contributed by atoms with Gasteiger partial charge in [-0.05, 0) is 79.9 Å². The van der Waals surface area contributed by atoms with Crippen LogP contribution in [0.3, 0.4) is 0 Å². The van der Waals surface area contributed by atoms with Gasteiger partial charge in [-0.2, -0.15) is 0 Å². The summed E-state index contributed by atoms with van der Waals surface area (Å²) in [7, 11) is 0. The molecule has 7 heteroatoms. The van der Waals surface area contributed by atoms with Crippen molar-refractivity contribution in [1.29, 1.82) is 0 Å². The highest BCUT2D eigenvalue weighted by Gasteiger charge is 2.12. The van der Waals surface area contributed by atoms with E-state index in [1.165, 1.54) is 31.0 Å². The largest absolute Gasteiger partial charge is 0.483 e. The minimum absolute atomic E-state index is 0.0795. The monoisotopic (exact) mass is 489 g/mol. The number of hydrogen-bond donors (Lipinski definition) is 0. The number of ether oxygens (including phenoxy) is 1. The number of anilines is 1.